The molecule has 86 valence electrons. The predicted molar refractivity (Wildman–Crippen MR) is 71.0 cm³/mol. The fraction of sp³-hybridized carbons (Fsp3) is 0.400. The van der Waals surface area contributed by atoms with Gasteiger partial charge in [0, 0.05) is 18.5 Å². The van der Waals surface area contributed by atoms with Crippen LogP contribution >= 0.6 is 27.7 Å². The van der Waals surface area contributed by atoms with E-state index in [0.717, 1.165) is 34.7 Å². The molecule has 0 radical (unpaired) electrons. The van der Waals surface area contributed by atoms with Crippen LogP contribution in [-0.4, -0.2) is 29.4 Å². The van der Waals surface area contributed by atoms with Gasteiger partial charge >= 0.3 is 0 Å². The van der Waals surface area contributed by atoms with Crippen LogP contribution in [0.2, 0.25) is 0 Å². The molecule has 6 heteroatoms. The van der Waals surface area contributed by atoms with Gasteiger partial charge in [-0.25, -0.2) is 4.98 Å². The minimum Gasteiger partial charge on any atom is -0.385 e. The van der Waals surface area contributed by atoms with Gasteiger partial charge in [-0.2, -0.15) is 0 Å². The van der Waals surface area contributed by atoms with Crippen molar-refractivity contribution in [2.75, 3.05) is 24.1 Å². The van der Waals surface area contributed by atoms with E-state index in [1.807, 2.05) is 18.4 Å². The number of hydrogen-bond acceptors (Lipinski definition) is 5. The Bertz CT molecular complexity index is 411. The van der Waals surface area contributed by atoms with Crippen LogP contribution in [0.1, 0.15) is 12.0 Å². The number of hydrogen-bond donors (Lipinski definition) is 1. The molecule has 0 aliphatic carbocycles. The number of rotatable bonds is 3. The lowest BCUT2D eigenvalue weighted by molar-refractivity contribution is 0.196. The third-order valence-corrected chi connectivity index (χ3v) is 2.95. The van der Waals surface area contributed by atoms with E-state index in [9.17, 15) is 0 Å². The zero-order valence-corrected chi connectivity index (χ0v) is 11.3. The van der Waals surface area contributed by atoms with Crippen molar-refractivity contribution in [3.05, 3.63) is 22.3 Å². The van der Waals surface area contributed by atoms with Gasteiger partial charge < -0.3 is 10.2 Å². The molecular weight excluding hydrogens is 290 g/mol. The van der Waals surface area contributed by atoms with Gasteiger partial charge in [-0.3, -0.25) is 0 Å². The van der Waals surface area contributed by atoms with Crippen molar-refractivity contribution in [1.29, 1.82) is 0 Å². The molecule has 0 aromatic carbocycles. The summed E-state index contributed by atoms with van der Waals surface area (Å²) < 4.78 is 0.824. The summed E-state index contributed by atoms with van der Waals surface area (Å²) >= 11 is 4.95. The van der Waals surface area contributed by atoms with Crippen LogP contribution in [0.5, 0.6) is 0 Å². The lowest BCUT2D eigenvalue weighted by atomic mass is 10.1. The summed E-state index contributed by atoms with van der Waals surface area (Å²) in [5, 5.41) is 7.39. The summed E-state index contributed by atoms with van der Waals surface area (Å²) in [7, 11) is 0. The normalized spacial score (nSPS) is 16.8. The average Bonchev–Trinajstić information content (AvgIpc) is 2.29. The Hall–Kier alpha value is -0.750. The lowest BCUT2D eigenvalue weighted by Gasteiger charge is -2.18. The van der Waals surface area contributed by atoms with E-state index in [2.05, 4.69) is 31.4 Å². The molecular formula is C10H12BrN3OS. The molecule has 0 fully saturated rings. The van der Waals surface area contributed by atoms with Crippen molar-refractivity contribution in [2.45, 2.75) is 6.42 Å². The van der Waals surface area contributed by atoms with E-state index in [-0.39, 0.29) is 0 Å². The molecule has 1 aliphatic rings. The number of nitrogens with zero attached hydrogens (tertiary/aromatic N) is 2. The smallest absolute Gasteiger partial charge is 0.162 e. The van der Waals surface area contributed by atoms with Crippen molar-refractivity contribution >= 4 is 39.2 Å². The number of fused-ring (bicyclic) bond motifs is 1. The van der Waals surface area contributed by atoms with Gasteiger partial charge in [0.25, 0.3) is 0 Å². The second-order valence-corrected chi connectivity index (χ2v) is 4.91. The van der Waals surface area contributed by atoms with Crippen molar-refractivity contribution < 1.29 is 4.84 Å². The van der Waals surface area contributed by atoms with E-state index in [0.29, 0.717) is 5.94 Å². The number of oxime groups is 1. The number of anilines is 1. The zero-order valence-electron chi connectivity index (χ0n) is 8.86. The fourth-order valence-electron chi connectivity index (χ4n) is 1.49. The van der Waals surface area contributed by atoms with Crippen LogP contribution in [-0.2, 0) is 4.84 Å². The predicted octanol–water partition coefficient (Wildman–Crippen LogP) is 2.70. The van der Waals surface area contributed by atoms with Crippen molar-refractivity contribution in [3.8, 4) is 0 Å². The number of nitrogens with one attached hydrogen (secondary N) is 1. The Kier molecular flexibility index (Phi) is 4.06. The van der Waals surface area contributed by atoms with E-state index < -0.39 is 0 Å². The van der Waals surface area contributed by atoms with Gasteiger partial charge in [-0.1, -0.05) is 5.16 Å². The van der Waals surface area contributed by atoms with Gasteiger partial charge in [-0.15, -0.1) is 11.8 Å². The van der Waals surface area contributed by atoms with Gasteiger partial charge in [0.05, 0.1) is 5.71 Å². The Morgan fingerprint density at radius 1 is 1.62 bits per heavy atom. The number of aromatic nitrogens is 1. The Morgan fingerprint density at radius 2 is 2.50 bits per heavy atom. The van der Waals surface area contributed by atoms with Crippen LogP contribution in [0, 0.1) is 0 Å². The molecule has 0 spiro atoms. The highest BCUT2D eigenvalue weighted by Gasteiger charge is 2.16. The first-order chi connectivity index (χ1) is 7.81. The standard InChI is InChI=1S/C10H12BrN3OS/c1-16-6-15-14-8-4-5-12-10-7(8)2-3-9(11)13-10/h2-3H,4-6H2,1H3,(H,12,13)/b14-8+. The van der Waals surface area contributed by atoms with E-state index >= 15 is 0 Å². The number of thioether (sulfide) groups is 1. The highest BCUT2D eigenvalue weighted by Crippen LogP contribution is 2.22. The first-order valence-electron chi connectivity index (χ1n) is 4.90. The molecule has 0 amide bonds. The van der Waals surface area contributed by atoms with Gasteiger partial charge in [-0.05, 0) is 34.3 Å². The zero-order chi connectivity index (χ0) is 11.4. The molecule has 4 nitrogen and oxygen atoms in total. The number of halogens is 1. The highest BCUT2D eigenvalue weighted by atomic mass is 79.9. The largest absolute Gasteiger partial charge is 0.385 e. The molecule has 1 aromatic rings. The summed E-state index contributed by atoms with van der Waals surface area (Å²) in [4.78, 5) is 9.55. The highest BCUT2D eigenvalue weighted by molar-refractivity contribution is 9.10. The second kappa shape index (κ2) is 5.54. The minimum atomic E-state index is 0.580. The molecule has 1 aliphatic heterocycles. The Balaban J connectivity index is 2.22. The van der Waals surface area contributed by atoms with Crippen molar-refractivity contribution in [3.63, 3.8) is 0 Å². The summed E-state index contributed by atoms with van der Waals surface area (Å²) in [6, 6.07) is 3.91. The van der Waals surface area contributed by atoms with Crippen LogP contribution < -0.4 is 5.32 Å². The Morgan fingerprint density at radius 3 is 3.31 bits per heavy atom. The maximum Gasteiger partial charge on any atom is 0.162 e. The Labute approximate surface area is 107 Å². The van der Waals surface area contributed by atoms with Crippen LogP contribution in [0.4, 0.5) is 5.82 Å². The number of pyridine rings is 1. The summed E-state index contributed by atoms with van der Waals surface area (Å²) in [6.07, 6.45) is 2.85. The summed E-state index contributed by atoms with van der Waals surface area (Å²) in [5.74, 6) is 1.45. The monoisotopic (exact) mass is 301 g/mol. The van der Waals surface area contributed by atoms with Crippen LogP contribution in [0.15, 0.2) is 21.9 Å². The summed E-state index contributed by atoms with van der Waals surface area (Å²) in [6.45, 7) is 0.845. The molecule has 1 aromatic heterocycles. The van der Waals surface area contributed by atoms with Crippen LogP contribution in [0.25, 0.3) is 0 Å². The SMILES string of the molecule is CSCO/N=C1\CCNc2nc(Br)ccc21. The topological polar surface area (TPSA) is 46.5 Å². The molecule has 16 heavy (non-hydrogen) atoms. The molecule has 1 N–H and O–H groups in total. The summed E-state index contributed by atoms with van der Waals surface area (Å²) in [5.41, 5.74) is 1.98. The third-order valence-electron chi connectivity index (χ3n) is 2.17. The minimum absolute atomic E-state index is 0.580. The molecule has 0 bridgehead atoms. The molecule has 2 heterocycles. The fourth-order valence-corrected chi connectivity index (χ4v) is 1.96. The maximum absolute atomic E-state index is 5.19. The first-order valence-corrected chi connectivity index (χ1v) is 7.08. The maximum atomic E-state index is 5.19. The molecule has 0 saturated carbocycles. The van der Waals surface area contributed by atoms with E-state index in [1.54, 1.807) is 11.8 Å². The lowest BCUT2D eigenvalue weighted by Crippen LogP contribution is -2.20. The van der Waals surface area contributed by atoms with Gasteiger partial charge in [0.1, 0.15) is 10.4 Å². The molecule has 0 unspecified atom stereocenters. The second-order valence-electron chi connectivity index (χ2n) is 3.28. The van der Waals surface area contributed by atoms with Crippen LogP contribution in [0.3, 0.4) is 0 Å². The van der Waals surface area contributed by atoms with Crippen molar-refractivity contribution in [2.24, 2.45) is 5.16 Å². The average molecular weight is 302 g/mol. The molecule has 0 saturated heterocycles. The molecule has 2 rings (SSSR count). The first kappa shape index (κ1) is 11.7. The van der Waals surface area contributed by atoms with Gasteiger partial charge in [0.2, 0.25) is 0 Å². The van der Waals surface area contributed by atoms with Gasteiger partial charge in [0.15, 0.2) is 5.94 Å². The quantitative estimate of drug-likeness (QED) is 0.404. The van der Waals surface area contributed by atoms with Crippen molar-refractivity contribution in [1.82, 2.24) is 4.98 Å². The van der Waals surface area contributed by atoms with E-state index in [1.165, 1.54) is 0 Å². The molecule has 0 atom stereocenters. The van der Waals surface area contributed by atoms with E-state index in [4.69, 9.17) is 4.84 Å². The third kappa shape index (κ3) is 2.68.